The van der Waals surface area contributed by atoms with E-state index in [-0.39, 0.29) is 41.3 Å². The van der Waals surface area contributed by atoms with Crippen LogP contribution in [0.25, 0.3) is 0 Å². The van der Waals surface area contributed by atoms with Gasteiger partial charge in [0.2, 0.25) is 0 Å². The van der Waals surface area contributed by atoms with Crippen molar-refractivity contribution in [2.75, 3.05) is 44.2 Å². The third-order valence-electron chi connectivity index (χ3n) is 4.14. The fourth-order valence-corrected chi connectivity index (χ4v) is 3.90. The quantitative estimate of drug-likeness (QED) is 0.354. The Hall–Kier alpha value is -0.940. The van der Waals surface area contributed by atoms with Crippen molar-refractivity contribution < 1.29 is 12.8 Å². The number of benzene rings is 1. The predicted molar refractivity (Wildman–Crippen MR) is 114 cm³/mol. The number of aliphatic imine (C=N–C) groups is 1. The van der Waals surface area contributed by atoms with E-state index in [0.717, 1.165) is 18.7 Å². The first-order valence-electron chi connectivity index (χ1n) is 8.59. The van der Waals surface area contributed by atoms with Crippen LogP contribution in [0.3, 0.4) is 0 Å². The number of guanidine groups is 1. The first-order valence-corrected chi connectivity index (χ1v) is 10.4. The van der Waals surface area contributed by atoms with Gasteiger partial charge in [0, 0.05) is 32.7 Å². The maximum absolute atomic E-state index is 13.3. The average Bonchev–Trinajstić information content (AvgIpc) is 2.57. The maximum atomic E-state index is 13.3. The zero-order chi connectivity index (χ0) is 18.3. The van der Waals surface area contributed by atoms with E-state index in [9.17, 15) is 12.8 Å². The van der Waals surface area contributed by atoms with Crippen LogP contribution < -0.4 is 10.6 Å². The second-order valence-electron chi connectivity index (χ2n) is 6.20. The van der Waals surface area contributed by atoms with Gasteiger partial charge in [-0.05, 0) is 31.0 Å². The number of nitrogens with one attached hydrogen (secondary N) is 2. The van der Waals surface area contributed by atoms with Crippen molar-refractivity contribution in [1.82, 2.24) is 15.5 Å². The molecule has 2 rings (SSSR count). The van der Waals surface area contributed by atoms with Gasteiger partial charge in [-0.3, -0.25) is 4.90 Å². The molecule has 0 spiro atoms. The summed E-state index contributed by atoms with van der Waals surface area (Å²) in [5.41, 5.74) is 1.57. The number of rotatable bonds is 6. The van der Waals surface area contributed by atoms with E-state index < -0.39 is 9.84 Å². The van der Waals surface area contributed by atoms with Crippen LogP contribution in [0.15, 0.2) is 23.2 Å². The number of sulfone groups is 1. The highest BCUT2D eigenvalue weighted by Crippen LogP contribution is 2.10. The van der Waals surface area contributed by atoms with E-state index in [1.807, 2.05) is 6.92 Å². The highest BCUT2D eigenvalue weighted by Gasteiger charge is 2.20. The predicted octanol–water partition coefficient (Wildman–Crippen LogP) is 1.54. The lowest BCUT2D eigenvalue weighted by molar-refractivity contribution is 0.299. The van der Waals surface area contributed by atoms with Crippen molar-refractivity contribution >= 4 is 39.8 Å². The van der Waals surface area contributed by atoms with Crippen LogP contribution in [0, 0.1) is 12.7 Å². The summed E-state index contributed by atoms with van der Waals surface area (Å²) >= 11 is 0. The van der Waals surface area contributed by atoms with Gasteiger partial charge in [0.1, 0.15) is 5.82 Å². The standard InChI is InChI=1S/C17H27FN4O2S.HI/c1-3-19-17(21-13-15-4-5-16(18)14(2)12-15)20-6-7-22-8-10-25(23,24)11-9-22;/h4-5,12H,3,6-11,13H2,1-2H3,(H2,19,20,21);1H. The molecule has 1 saturated heterocycles. The molecule has 0 unspecified atom stereocenters. The molecule has 0 atom stereocenters. The third kappa shape index (κ3) is 7.75. The highest BCUT2D eigenvalue weighted by molar-refractivity contribution is 14.0. The minimum Gasteiger partial charge on any atom is -0.357 e. The van der Waals surface area contributed by atoms with Gasteiger partial charge in [-0.25, -0.2) is 17.8 Å². The molecule has 1 heterocycles. The van der Waals surface area contributed by atoms with Crippen LogP contribution in [0.1, 0.15) is 18.1 Å². The fourth-order valence-electron chi connectivity index (χ4n) is 2.62. The Kier molecular flexibility index (Phi) is 9.80. The molecule has 0 aromatic heterocycles. The third-order valence-corrected chi connectivity index (χ3v) is 5.75. The zero-order valence-corrected chi connectivity index (χ0v) is 18.4. The molecule has 0 aliphatic carbocycles. The summed E-state index contributed by atoms with van der Waals surface area (Å²) in [4.78, 5) is 6.66. The van der Waals surface area contributed by atoms with Gasteiger partial charge < -0.3 is 10.6 Å². The van der Waals surface area contributed by atoms with Crippen LogP contribution in [0.2, 0.25) is 0 Å². The molecule has 1 fully saturated rings. The van der Waals surface area contributed by atoms with Crippen molar-refractivity contribution in [1.29, 1.82) is 0 Å². The second kappa shape index (κ2) is 11.0. The van der Waals surface area contributed by atoms with E-state index in [2.05, 4.69) is 20.5 Å². The van der Waals surface area contributed by atoms with E-state index in [4.69, 9.17) is 0 Å². The van der Waals surface area contributed by atoms with Gasteiger partial charge in [0.05, 0.1) is 18.1 Å². The Labute approximate surface area is 172 Å². The highest BCUT2D eigenvalue weighted by atomic mass is 127. The molecule has 0 bridgehead atoms. The van der Waals surface area contributed by atoms with Crippen LogP contribution in [-0.4, -0.2) is 63.5 Å². The van der Waals surface area contributed by atoms with Gasteiger partial charge in [-0.2, -0.15) is 0 Å². The average molecular weight is 498 g/mol. The molecule has 6 nitrogen and oxygen atoms in total. The van der Waals surface area contributed by atoms with Crippen molar-refractivity contribution in [2.24, 2.45) is 4.99 Å². The number of halogens is 2. The van der Waals surface area contributed by atoms with Crippen molar-refractivity contribution in [3.05, 3.63) is 35.1 Å². The molecule has 2 N–H and O–H groups in total. The summed E-state index contributed by atoms with van der Waals surface area (Å²) < 4.78 is 36.2. The van der Waals surface area contributed by atoms with E-state index >= 15 is 0 Å². The fraction of sp³-hybridized carbons (Fsp3) is 0.588. The number of hydrogen-bond donors (Lipinski definition) is 2. The lowest BCUT2D eigenvalue weighted by Gasteiger charge is -2.26. The van der Waals surface area contributed by atoms with Gasteiger partial charge in [0.25, 0.3) is 0 Å². The monoisotopic (exact) mass is 498 g/mol. The largest absolute Gasteiger partial charge is 0.357 e. The summed E-state index contributed by atoms with van der Waals surface area (Å²) in [7, 11) is -2.84. The summed E-state index contributed by atoms with van der Waals surface area (Å²) in [5, 5.41) is 6.44. The Morgan fingerprint density at radius 1 is 1.27 bits per heavy atom. The molecule has 9 heteroatoms. The lowest BCUT2D eigenvalue weighted by atomic mass is 10.1. The van der Waals surface area contributed by atoms with Crippen LogP contribution in [0.5, 0.6) is 0 Å². The van der Waals surface area contributed by atoms with Crippen molar-refractivity contribution in [3.63, 3.8) is 0 Å². The van der Waals surface area contributed by atoms with Gasteiger partial charge in [-0.1, -0.05) is 12.1 Å². The summed E-state index contributed by atoms with van der Waals surface area (Å²) in [6, 6.07) is 5.01. The number of aryl methyl sites for hydroxylation is 1. The van der Waals surface area contributed by atoms with Crippen LogP contribution in [-0.2, 0) is 16.4 Å². The van der Waals surface area contributed by atoms with E-state index in [1.54, 1.807) is 19.1 Å². The molecule has 1 aliphatic heterocycles. The molecule has 0 radical (unpaired) electrons. The molecular weight excluding hydrogens is 470 g/mol. The SMILES string of the molecule is CCNC(=NCc1ccc(F)c(C)c1)NCCN1CCS(=O)(=O)CC1.I. The first kappa shape index (κ1) is 23.1. The van der Waals surface area contributed by atoms with E-state index in [0.29, 0.717) is 37.7 Å². The van der Waals surface area contributed by atoms with Gasteiger partial charge >= 0.3 is 0 Å². The van der Waals surface area contributed by atoms with Crippen molar-refractivity contribution in [3.8, 4) is 0 Å². The number of nitrogens with zero attached hydrogens (tertiary/aromatic N) is 2. The molecule has 148 valence electrons. The minimum absolute atomic E-state index is 0. The number of hydrogen-bond acceptors (Lipinski definition) is 4. The smallest absolute Gasteiger partial charge is 0.191 e. The van der Waals surface area contributed by atoms with Crippen molar-refractivity contribution in [2.45, 2.75) is 20.4 Å². The second-order valence-corrected chi connectivity index (χ2v) is 8.50. The summed E-state index contributed by atoms with van der Waals surface area (Å²) in [5.74, 6) is 0.978. The molecule has 1 aromatic carbocycles. The molecule has 1 aliphatic rings. The Morgan fingerprint density at radius 3 is 2.58 bits per heavy atom. The Balaban J connectivity index is 0.00000338. The molecular formula is C17H28FIN4O2S. The van der Waals surface area contributed by atoms with Crippen LogP contribution >= 0.6 is 24.0 Å². The van der Waals surface area contributed by atoms with Crippen LogP contribution in [0.4, 0.5) is 4.39 Å². The molecule has 26 heavy (non-hydrogen) atoms. The maximum Gasteiger partial charge on any atom is 0.191 e. The lowest BCUT2D eigenvalue weighted by Crippen LogP contribution is -2.45. The van der Waals surface area contributed by atoms with E-state index in [1.165, 1.54) is 6.07 Å². The minimum atomic E-state index is -2.84. The summed E-state index contributed by atoms with van der Waals surface area (Å²) in [6.07, 6.45) is 0. The molecule has 0 amide bonds. The summed E-state index contributed by atoms with van der Waals surface area (Å²) in [6.45, 7) is 7.59. The van der Waals surface area contributed by atoms with Gasteiger partial charge in [0.15, 0.2) is 15.8 Å². The molecule has 1 aromatic rings. The Morgan fingerprint density at radius 2 is 1.96 bits per heavy atom. The Bertz CT molecular complexity index is 699. The topological polar surface area (TPSA) is 73.8 Å². The van der Waals surface area contributed by atoms with Gasteiger partial charge in [-0.15, -0.1) is 24.0 Å². The zero-order valence-electron chi connectivity index (χ0n) is 15.3. The molecule has 0 saturated carbocycles. The first-order chi connectivity index (χ1) is 11.9. The normalized spacial score (nSPS) is 17.4.